The van der Waals surface area contributed by atoms with E-state index in [0.29, 0.717) is 24.9 Å². The highest BCUT2D eigenvalue weighted by Gasteiger charge is 2.39. The first kappa shape index (κ1) is 18.5. The lowest BCUT2D eigenvalue weighted by atomic mass is 9.91. The predicted octanol–water partition coefficient (Wildman–Crippen LogP) is 3.53. The molecular formula is C23H28N4O. The molecule has 0 saturated heterocycles. The number of anilines is 1. The standard InChI is InChI=1S/C23H28N4O/c1-3-24-23(27-21-13-19(21)17-9-5-4-8-15(17)2)25-14-16-12-22(28)26-20-11-7-6-10-18(16)20/h4-11,16,19,21H,3,12-14H2,1-2H3,(H,26,28)(H2,24,25,27). The molecule has 1 fully saturated rings. The fourth-order valence-electron chi connectivity index (χ4n) is 4.06. The number of aryl methyl sites for hydroxylation is 1. The van der Waals surface area contributed by atoms with Gasteiger partial charge in [0.2, 0.25) is 5.91 Å². The van der Waals surface area contributed by atoms with Gasteiger partial charge >= 0.3 is 0 Å². The Morgan fingerprint density at radius 2 is 1.89 bits per heavy atom. The van der Waals surface area contributed by atoms with Gasteiger partial charge in [-0.05, 0) is 43.0 Å². The molecule has 4 rings (SSSR count). The Balaban J connectivity index is 1.44. The molecule has 1 aliphatic carbocycles. The van der Waals surface area contributed by atoms with Gasteiger partial charge in [-0.1, -0.05) is 42.5 Å². The summed E-state index contributed by atoms with van der Waals surface area (Å²) in [5.74, 6) is 1.57. The molecule has 0 spiro atoms. The van der Waals surface area contributed by atoms with Gasteiger partial charge in [-0.3, -0.25) is 9.79 Å². The van der Waals surface area contributed by atoms with Crippen LogP contribution >= 0.6 is 0 Å². The van der Waals surface area contributed by atoms with Gasteiger partial charge in [0.1, 0.15) is 0 Å². The average Bonchev–Trinajstić information content (AvgIpc) is 3.45. The van der Waals surface area contributed by atoms with E-state index in [2.05, 4.69) is 60.1 Å². The number of fused-ring (bicyclic) bond motifs is 1. The minimum Gasteiger partial charge on any atom is -0.357 e. The monoisotopic (exact) mass is 376 g/mol. The second kappa shape index (κ2) is 8.05. The lowest BCUT2D eigenvalue weighted by molar-refractivity contribution is -0.116. The molecule has 2 aromatic rings. The van der Waals surface area contributed by atoms with E-state index in [4.69, 9.17) is 4.99 Å². The zero-order chi connectivity index (χ0) is 19.5. The molecule has 3 unspecified atom stereocenters. The van der Waals surface area contributed by atoms with Gasteiger partial charge in [-0.2, -0.15) is 0 Å². The van der Waals surface area contributed by atoms with E-state index in [1.165, 1.54) is 16.7 Å². The molecule has 3 N–H and O–H groups in total. The number of carbonyl (C=O) groups excluding carboxylic acids is 1. The molecule has 1 amide bonds. The van der Waals surface area contributed by atoms with Crippen molar-refractivity contribution < 1.29 is 4.79 Å². The Kier molecular flexibility index (Phi) is 5.33. The van der Waals surface area contributed by atoms with Gasteiger partial charge in [0.25, 0.3) is 0 Å². The Hall–Kier alpha value is -2.82. The SMILES string of the molecule is CCNC(=NCC1CC(=O)Nc2ccccc21)NC1CC1c1ccccc1C. The lowest BCUT2D eigenvalue weighted by Crippen LogP contribution is -2.39. The highest BCUT2D eigenvalue weighted by Crippen LogP contribution is 2.42. The normalized spacial score (nSPS) is 23.6. The number of rotatable bonds is 5. The smallest absolute Gasteiger partial charge is 0.225 e. The van der Waals surface area contributed by atoms with Gasteiger partial charge in [0.15, 0.2) is 5.96 Å². The number of guanidine groups is 1. The molecule has 5 heteroatoms. The second-order valence-corrected chi connectivity index (χ2v) is 7.71. The third kappa shape index (κ3) is 4.03. The van der Waals surface area contributed by atoms with E-state index in [9.17, 15) is 4.79 Å². The van der Waals surface area contributed by atoms with Crippen molar-refractivity contribution in [3.05, 3.63) is 65.2 Å². The van der Waals surface area contributed by atoms with Crippen LogP contribution < -0.4 is 16.0 Å². The number of nitrogens with one attached hydrogen (secondary N) is 3. The van der Waals surface area contributed by atoms with Crippen molar-refractivity contribution >= 4 is 17.6 Å². The van der Waals surface area contributed by atoms with Crippen LogP contribution in [0.25, 0.3) is 0 Å². The van der Waals surface area contributed by atoms with E-state index in [-0.39, 0.29) is 11.8 Å². The van der Waals surface area contributed by atoms with Crippen LogP contribution in [0.4, 0.5) is 5.69 Å². The second-order valence-electron chi connectivity index (χ2n) is 7.71. The Bertz CT molecular complexity index is 892. The summed E-state index contributed by atoms with van der Waals surface area (Å²) in [6, 6.07) is 17.0. The minimum absolute atomic E-state index is 0.0682. The van der Waals surface area contributed by atoms with Crippen molar-refractivity contribution in [3.63, 3.8) is 0 Å². The molecule has 1 heterocycles. The van der Waals surface area contributed by atoms with E-state index < -0.39 is 0 Å². The number of carbonyl (C=O) groups is 1. The van der Waals surface area contributed by atoms with Crippen molar-refractivity contribution in [3.8, 4) is 0 Å². The molecule has 1 saturated carbocycles. The van der Waals surface area contributed by atoms with Crippen LogP contribution in [0, 0.1) is 6.92 Å². The van der Waals surface area contributed by atoms with Crippen LogP contribution in [-0.2, 0) is 4.79 Å². The largest absolute Gasteiger partial charge is 0.357 e. The van der Waals surface area contributed by atoms with E-state index >= 15 is 0 Å². The fourth-order valence-corrected chi connectivity index (χ4v) is 4.06. The predicted molar refractivity (Wildman–Crippen MR) is 114 cm³/mol. The molecule has 28 heavy (non-hydrogen) atoms. The zero-order valence-electron chi connectivity index (χ0n) is 16.5. The summed E-state index contributed by atoms with van der Waals surface area (Å²) in [6.45, 7) is 5.67. The summed E-state index contributed by atoms with van der Waals surface area (Å²) < 4.78 is 0. The first-order chi connectivity index (χ1) is 13.7. The number of aliphatic imine (C=N–C) groups is 1. The van der Waals surface area contributed by atoms with E-state index in [1.807, 2.05) is 18.2 Å². The molecule has 2 aliphatic rings. The highest BCUT2D eigenvalue weighted by molar-refractivity contribution is 5.94. The van der Waals surface area contributed by atoms with Gasteiger partial charge in [-0.25, -0.2) is 0 Å². The molecule has 146 valence electrons. The van der Waals surface area contributed by atoms with Crippen molar-refractivity contribution in [2.45, 2.75) is 44.6 Å². The zero-order valence-corrected chi connectivity index (χ0v) is 16.5. The minimum atomic E-state index is 0.0682. The maximum Gasteiger partial charge on any atom is 0.225 e. The first-order valence-corrected chi connectivity index (χ1v) is 10.1. The van der Waals surface area contributed by atoms with Gasteiger partial charge in [-0.15, -0.1) is 0 Å². The topological polar surface area (TPSA) is 65.5 Å². The van der Waals surface area contributed by atoms with Gasteiger partial charge in [0.05, 0.1) is 6.54 Å². The van der Waals surface area contributed by atoms with E-state index in [0.717, 1.165) is 24.6 Å². The van der Waals surface area contributed by atoms with Crippen LogP contribution in [0.3, 0.4) is 0 Å². The Morgan fingerprint density at radius 3 is 2.68 bits per heavy atom. The van der Waals surface area contributed by atoms with Crippen LogP contribution in [0.5, 0.6) is 0 Å². The number of amides is 1. The maximum atomic E-state index is 12.0. The summed E-state index contributed by atoms with van der Waals surface area (Å²) in [7, 11) is 0. The van der Waals surface area contributed by atoms with Crippen molar-refractivity contribution in [2.24, 2.45) is 4.99 Å². The third-order valence-electron chi connectivity index (χ3n) is 5.62. The maximum absolute atomic E-state index is 12.0. The Morgan fingerprint density at radius 1 is 1.14 bits per heavy atom. The quantitative estimate of drug-likeness (QED) is 0.552. The summed E-state index contributed by atoms with van der Waals surface area (Å²) >= 11 is 0. The van der Waals surface area contributed by atoms with Crippen LogP contribution in [0.15, 0.2) is 53.5 Å². The molecule has 5 nitrogen and oxygen atoms in total. The van der Waals surface area contributed by atoms with Crippen LogP contribution in [0.1, 0.15) is 48.3 Å². The van der Waals surface area contributed by atoms with Crippen LogP contribution in [-0.4, -0.2) is 31.0 Å². The van der Waals surface area contributed by atoms with Gasteiger partial charge < -0.3 is 16.0 Å². The summed E-state index contributed by atoms with van der Waals surface area (Å²) in [4.78, 5) is 16.9. The van der Waals surface area contributed by atoms with Crippen LogP contribution in [0.2, 0.25) is 0 Å². The average molecular weight is 377 g/mol. The third-order valence-corrected chi connectivity index (χ3v) is 5.62. The van der Waals surface area contributed by atoms with Crippen molar-refractivity contribution in [1.29, 1.82) is 0 Å². The molecule has 0 bridgehead atoms. The summed E-state index contributed by atoms with van der Waals surface area (Å²) in [5, 5.41) is 9.89. The summed E-state index contributed by atoms with van der Waals surface area (Å²) in [5.41, 5.74) is 4.86. The first-order valence-electron chi connectivity index (χ1n) is 10.1. The highest BCUT2D eigenvalue weighted by atomic mass is 16.1. The van der Waals surface area contributed by atoms with E-state index in [1.54, 1.807) is 0 Å². The molecular weight excluding hydrogens is 348 g/mol. The lowest BCUT2D eigenvalue weighted by Gasteiger charge is -2.24. The van der Waals surface area contributed by atoms with Crippen molar-refractivity contribution in [1.82, 2.24) is 10.6 Å². The number of nitrogens with zero attached hydrogens (tertiary/aromatic N) is 1. The molecule has 0 radical (unpaired) electrons. The fraction of sp³-hybridized carbons (Fsp3) is 0.391. The number of para-hydroxylation sites is 1. The number of hydrogen-bond donors (Lipinski definition) is 3. The number of hydrogen-bond acceptors (Lipinski definition) is 2. The summed E-state index contributed by atoms with van der Waals surface area (Å²) in [6.07, 6.45) is 1.61. The molecule has 1 aliphatic heterocycles. The van der Waals surface area contributed by atoms with Crippen molar-refractivity contribution in [2.75, 3.05) is 18.4 Å². The molecule has 0 aromatic heterocycles. The van der Waals surface area contributed by atoms with Gasteiger partial charge in [0, 0.05) is 36.5 Å². The number of benzene rings is 2. The Labute approximate surface area is 166 Å². The molecule has 2 aromatic carbocycles. The molecule has 3 atom stereocenters.